The van der Waals surface area contributed by atoms with Crippen LogP contribution in [0, 0.1) is 0 Å². The maximum Gasteiger partial charge on any atom is 0.237 e. The van der Waals surface area contributed by atoms with Gasteiger partial charge in [0.2, 0.25) is 12.7 Å². The van der Waals surface area contributed by atoms with Crippen molar-refractivity contribution in [1.29, 1.82) is 0 Å². The van der Waals surface area contributed by atoms with Crippen molar-refractivity contribution in [2.75, 3.05) is 33.0 Å². The number of fused-ring (bicyclic) bond motifs is 1. The van der Waals surface area contributed by atoms with Crippen LogP contribution in [0.4, 0.5) is 0 Å². The van der Waals surface area contributed by atoms with Crippen LogP contribution in [0.1, 0.15) is 43.9 Å². The quantitative estimate of drug-likeness (QED) is 0.703. The van der Waals surface area contributed by atoms with Gasteiger partial charge in [0.15, 0.2) is 11.5 Å². The van der Waals surface area contributed by atoms with Crippen molar-refractivity contribution in [3.63, 3.8) is 0 Å². The average Bonchev–Trinajstić information content (AvgIpc) is 3.27. The third kappa shape index (κ3) is 5.38. The highest BCUT2D eigenvalue weighted by Crippen LogP contribution is 2.32. The van der Waals surface area contributed by atoms with E-state index in [1.807, 2.05) is 31.2 Å². The standard InChI is InChI=1S/C25H33N3O3/c1-3-7-22(21-8-5-4-6-9-21)26-25(29)19(2)28-14-12-27(13-15-28)17-20-10-11-23-24(16-20)31-18-30-23/h4-6,8-11,16,19,22H,3,7,12-15,17-18H2,1-2H3,(H,26,29)/t19-,22-/m0/s1. The minimum absolute atomic E-state index is 0.0773. The van der Waals surface area contributed by atoms with Crippen LogP contribution >= 0.6 is 0 Å². The minimum atomic E-state index is -0.129. The molecule has 2 heterocycles. The molecule has 31 heavy (non-hydrogen) atoms. The number of carbonyl (C=O) groups excluding carboxylic acids is 1. The fraction of sp³-hybridized carbons (Fsp3) is 0.480. The summed E-state index contributed by atoms with van der Waals surface area (Å²) in [6, 6.07) is 16.4. The molecule has 166 valence electrons. The van der Waals surface area contributed by atoms with E-state index in [1.165, 1.54) is 11.1 Å². The van der Waals surface area contributed by atoms with Gasteiger partial charge in [0.1, 0.15) is 0 Å². The van der Waals surface area contributed by atoms with Gasteiger partial charge in [-0.1, -0.05) is 49.7 Å². The first-order valence-corrected chi connectivity index (χ1v) is 11.3. The molecule has 1 fully saturated rings. The summed E-state index contributed by atoms with van der Waals surface area (Å²) in [5.74, 6) is 1.78. The summed E-state index contributed by atoms with van der Waals surface area (Å²) in [6.07, 6.45) is 1.98. The lowest BCUT2D eigenvalue weighted by molar-refractivity contribution is -0.127. The lowest BCUT2D eigenvalue weighted by atomic mass is 10.0. The van der Waals surface area contributed by atoms with E-state index in [-0.39, 0.29) is 18.0 Å². The molecule has 2 aliphatic rings. The van der Waals surface area contributed by atoms with E-state index >= 15 is 0 Å². The normalized spacial score (nSPS) is 18.5. The molecule has 1 amide bonds. The van der Waals surface area contributed by atoms with Crippen molar-refractivity contribution in [3.8, 4) is 11.5 Å². The molecule has 2 aliphatic heterocycles. The second-order valence-corrected chi connectivity index (χ2v) is 8.44. The molecular weight excluding hydrogens is 390 g/mol. The molecule has 2 atom stereocenters. The van der Waals surface area contributed by atoms with E-state index in [9.17, 15) is 4.79 Å². The molecule has 1 N–H and O–H groups in total. The van der Waals surface area contributed by atoms with Crippen LogP contribution in [-0.4, -0.2) is 54.7 Å². The summed E-state index contributed by atoms with van der Waals surface area (Å²) in [4.78, 5) is 17.7. The Hall–Kier alpha value is -2.57. The monoisotopic (exact) mass is 423 g/mol. The van der Waals surface area contributed by atoms with Gasteiger partial charge in [0.25, 0.3) is 0 Å². The Kier molecular flexibility index (Phi) is 7.10. The molecule has 0 aromatic heterocycles. The first-order valence-electron chi connectivity index (χ1n) is 11.3. The number of amides is 1. The summed E-state index contributed by atoms with van der Waals surface area (Å²) < 4.78 is 10.9. The van der Waals surface area contributed by atoms with Crippen LogP contribution in [0.2, 0.25) is 0 Å². The number of rotatable bonds is 8. The number of hydrogen-bond acceptors (Lipinski definition) is 5. The smallest absolute Gasteiger partial charge is 0.237 e. The summed E-state index contributed by atoms with van der Waals surface area (Å²) >= 11 is 0. The zero-order chi connectivity index (χ0) is 21.6. The Morgan fingerprint density at radius 3 is 2.52 bits per heavy atom. The fourth-order valence-corrected chi connectivity index (χ4v) is 4.36. The summed E-state index contributed by atoms with van der Waals surface area (Å²) in [5.41, 5.74) is 2.41. The predicted octanol–water partition coefficient (Wildman–Crippen LogP) is 3.58. The molecule has 6 heteroatoms. The van der Waals surface area contributed by atoms with Crippen LogP contribution in [0.5, 0.6) is 11.5 Å². The van der Waals surface area contributed by atoms with E-state index in [2.05, 4.69) is 46.3 Å². The minimum Gasteiger partial charge on any atom is -0.454 e. The van der Waals surface area contributed by atoms with Crippen molar-refractivity contribution in [2.24, 2.45) is 0 Å². The Morgan fingerprint density at radius 1 is 1.03 bits per heavy atom. The molecule has 2 aromatic carbocycles. The topological polar surface area (TPSA) is 54.0 Å². The maximum atomic E-state index is 13.0. The first-order chi connectivity index (χ1) is 15.1. The highest BCUT2D eigenvalue weighted by atomic mass is 16.7. The summed E-state index contributed by atoms with van der Waals surface area (Å²) in [6.45, 7) is 9.05. The SMILES string of the molecule is CCC[C@H](NC(=O)[C@H](C)N1CCN(Cc2ccc3c(c2)OCO3)CC1)c1ccccc1. The number of carbonyl (C=O) groups is 1. The predicted molar refractivity (Wildman–Crippen MR) is 121 cm³/mol. The third-order valence-electron chi connectivity index (χ3n) is 6.27. The second-order valence-electron chi connectivity index (χ2n) is 8.44. The van der Waals surface area contributed by atoms with Gasteiger partial charge in [-0.25, -0.2) is 0 Å². The van der Waals surface area contributed by atoms with E-state index in [0.717, 1.165) is 57.1 Å². The second kappa shape index (κ2) is 10.2. The van der Waals surface area contributed by atoms with Gasteiger partial charge in [-0.05, 0) is 36.6 Å². The van der Waals surface area contributed by atoms with Crippen molar-refractivity contribution in [2.45, 2.75) is 45.3 Å². The van der Waals surface area contributed by atoms with E-state index in [4.69, 9.17) is 9.47 Å². The number of benzene rings is 2. The Labute approximate surface area is 185 Å². The lowest BCUT2D eigenvalue weighted by Gasteiger charge is -2.38. The lowest BCUT2D eigenvalue weighted by Crippen LogP contribution is -2.53. The van der Waals surface area contributed by atoms with E-state index < -0.39 is 0 Å². The molecule has 1 saturated heterocycles. The van der Waals surface area contributed by atoms with Crippen molar-refractivity contribution in [1.82, 2.24) is 15.1 Å². The molecule has 0 saturated carbocycles. The van der Waals surface area contributed by atoms with Gasteiger partial charge in [-0.3, -0.25) is 14.6 Å². The number of nitrogens with zero attached hydrogens (tertiary/aromatic N) is 2. The highest BCUT2D eigenvalue weighted by molar-refractivity contribution is 5.81. The largest absolute Gasteiger partial charge is 0.454 e. The van der Waals surface area contributed by atoms with Crippen molar-refractivity contribution >= 4 is 5.91 Å². The number of piperazine rings is 1. The number of ether oxygens (including phenoxy) is 2. The van der Waals surface area contributed by atoms with Gasteiger partial charge in [-0.15, -0.1) is 0 Å². The molecule has 0 unspecified atom stereocenters. The van der Waals surface area contributed by atoms with Gasteiger partial charge in [0.05, 0.1) is 12.1 Å². The molecule has 2 aromatic rings. The number of hydrogen-bond donors (Lipinski definition) is 1. The zero-order valence-corrected chi connectivity index (χ0v) is 18.5. The third-order valence-corrected chi connectivity index (χ3v) is 6.27. The van der Waals surface area contributed by atoms with Gasteiger partial charge < -0.3 is 14.8 Å². The molecule has 0 bridgehead atoms. The van der Waals surface area contributed by atoms with Crippen LogP contribution in [-0.2, 0) is 11.3 Å². The van der Waals surface area contributed by atoms with Gasteiger partial charge >= 0.3 is 0 Å². The summed E-state index contributed by atoms with van der Waals surface area (Å²) in [5, 5.41) is 3.29. The molecule has 0 aliphatic carbocycles. The number of nitrogens with one attached hydrogen (secondary N) is 1. The molecule has 6 nitrogen and oxygen atoms in total. The summed E-state index contributed by atoms with van der Waals surface area (Å²) in [7, 11) is 0. The average molecular weight is 424 g/mol. The van der Waals surface area contributed by atoms with Gasteiger partial charge in [0, 0.05) is 32.7 Å². The molecule has 0 radical (unpaired) electrons. The van der Waals surface area contributed by atoms with Crippen LogP contribution < -0.4 is 14.8 Å². The zero-order valence-electron chi connectivity index (χ0n) is 18.5. The van der Waals surface area contributed by atoms with Crippen LogP contribution in [0.25, 0.3) is 0 Å². The maximum absolute atomic E-state index is 13.0. The molecule has 4 rings (SSSR count). The Morgan fingerprint density at radius 2 is 1.77 bits per heavy atom. The molecular formula is C25H33N3O3. The van der Waals surface area contributed by atoms with Crippen molar-refractivity contribution in [3.05, 3.63) is 59.7 Å². The van der Waals surface area contributed by atoms with Crippen LogP contribution in [0.3, 0.4) is 0 Å². The Balaban J connectivity index is 1.28. The van der Waals surface area contributed by atoms with E-state index in [0.29, 0.717) is 6.79 Å². The van der Waals surface area contributed by atoms with Crippen LogP contribution in [0.15, 0.2) is 48.5 Å². The highest BCUT2D eigenvalue weighted by Gasteiger charge is 2.27. The van der Waals surface area contributed by atoms with E-state index in [1.54, 1.807) is 0 Å². The molecule has 0 spiro atoms. The Bertz CT molecular complexity index is 866. The van der Waals surface area contributed by atoms with Crippen molar-refractivity contribution < 1.29 is 14.3 Å². The first kappa shape index (κ1) is 21.7. The fourth-order valence-electron chi connectivity index (χ4n) is 4.36. The van der Waals surface area contributed by atoms with Gasteiger partial charge in [-0.2, -0.15) is 0 Å².